The van der Waals surface area contributed by atoms with Crippen molar-refractivity contribution in [2.45, 2.75) is 52.0 Å². The molecule has 5 nitrogen and oxygen atoms in total. The van der Waals surface area contributed by atoms with Gasteiger partial charge in [0, 0.05) is 32.2 Å². The summed E-state index contributed by atoms with van der Waals surface area (Å²) in [6.07, 6.45) is 6.89. The van der Waals surface area contributed by atoms with Crippen molar-refractivity contribution in [3.63, 3.8) is 0 Å². The van der Waals surface area contributed by atoms with Gasteiger partial charge in [0.25, 0.3) is 0 Å². The van der Waals surface area contributed by atoms with E-state index in [9.17, 15) is 0 Å². The molecule has 1 aliphatic carbocycles. The fraction of sp³-hybridized carbons (Fsp3) is 0.941. The molecule has 0 aromatic carbocycles. The first-order chi connectivity index (χ1) is 10.8. The number of nitrogens with one attached hydrogen (secondary N) is 2. The maximum absolute atomic E-state index is 4.72. The molecule has 6 heteroatoms. The van der Waals surface area contributed by atoms with Gasteiger partial charge in [0.05, 0.1) is 6.54 Å². The van der Waals surface area contributed by atoms with Gasteiger partial charge < -0.3 is 15.5 Å². The van der Waals surface area contributed by atoms with E-state index in [1.807, 2.05) is 0 Å². The Morgan fingerprint density at radius 3 is 2.48 bits per heavy atom. The van der Waals surface area contributed by atoms with Crippen LogP contribution in [0.25, 0.3) is 0 Å². The smallest absolute Gasteiger partial charge is 0.191 e. The molecule has 2 fully saturated rings. The molecular weight excluding hydrogens is 401 g/mol. The third-order valence-corrected chi connectivity index (χ3v) is 4.64. The first kappa shape index (κ1) is 21.0. The van der Waals surface area contributed by atoms with Crippen molar-refractivity contribution in [3.8, 4) is 0 Å². The minimum Gasteiger partial charge on any atom is -0.357 e. The van der Waals surface area contributed by atoms with Gasteiger partial charge in [0.15, 0.2) is 5.96 Å². The lowest BCUT2D eigenvalue weighted by atomic mass is 10.1. The predicted octanol–water partition coefficient (Wildman–Crippen LogP) is 2.13. The molecule has 2 rings (SSSR count). The Morgan fingerprint density at radius 1 is 1.13 bits per heavy atom. The number of aliphatic imine (C=N–C) groups is 1. The van der Waals surface area contributed by atoms with Gasteiger partial charge in [0.1, 0.15) is 0 Å². The van der Waals surface area contributed by atoms with Gasteiger partial charge in [-0.2, -0.15) is 0 Å². The SMILES string of the molecule is CCNC(=NCCN1CCCCC1)NCCN(CC)C1CC1.I. The average Bonchev–Trinajstić information content (AvgIpc) is 3.37. The lowest BCUT2D eigenvalue weighted by molar-refractivity contribution is 0.235. The standard InChI is InChI=1S/C17H35N5.HI/c1-3-18-17(19-10-14-21-12-6-5-7-13-21)20-11-15-22(4-2)16-8-9-16;/h16H,3-15H2,1-2H3,(H2,18,19,20);1H. The summed E-state index contributed by atoms with van der Waals surface area (Å²) in [5, 5.41) is 6.84. The van der Waals surface area contributed by atoms with Crippen molar-refractivity contribution in [3.05, 3.63) is 0 Å². The quantitative estimate of drug-likeness (QED) is 0.330. The third-order valence-electron chi connectivity index (χ3n) is 4.64. The fourth-order valence-electron chi connectivity index (χ4n) is 3.18. The first-order valence-electron chi connectivity index (χ1n) is 9.32. The molecule has 0 atom stereocenters. The highest BCUT2D eigenvalue weighted by atomic mass is 127. The summed E-state index contributed by atoms with van der Waals surface area (Å²) in [7, 11) is 0. The van der Waals surface area contributed by atoms with Crippen LogP contribution in [0.1, 0.15) is 46.0 Å². The van der Waals surface area contributed by atoms with E-state index in [1.54, 1.807) is 0 Å². The van der Waals surface area contributed by atoms with Crippen molar-refractivity contribution in [2.75, 3.05) is 52.4 Å². The van der Waals surface area contributed by atoms with E-state index in [0.717, 1.165) is 51.3 Å². The molecule has 0 unspecified atom stereocenters. The Hall–Kier alpha value is -0.0800. The van der Waals surface area contributed by atoms with E-state index >= 15 is 0 Å². The lowest BCUT2D eigenvalue weighted by Gasteiger charge is -2.25. The number of rotatable bonds is 9. The van der Waals surface area contributed by atoms with Crippen LogP contribution in [0, 0.1) is 0 Å². The summed E-state index contributed by atoms with van der Waals surface area (Å²) < 4.78 is 0. The lowest BCUT2D eigenvalue weighted by Crippen LogP contribution is -2.42. The van der Waals surface area contributed by atoms with Crippen LogP contribution in [0.3, 0.4) is 0 Å². The summed E-state index contributed by atoms with van der Waals surface area (Å²) in [6, 6.07) is 0.852. The van der Waals surface area contributed by atoms with Crippen LogP contribution in [0.4, 0.5) is 0 Å². The van der Waals surface area contributed by atoms with E-state index in [4.69, 9.17) is 4.99 Å². The Bertz CT molecular complexity index is 327. The van der Waals surface area contributed by atoms with Crippen LogP contribution in [0.5, 0.6) is 0 Å². The number of likely N-dealkylation sites (tertiary alicyclic amines) is 1. The second kappa shape index (κ2) is 12.3. The number of nitrogens with zero attached hydrogens (tertiary/aromatic N) is 3. The molecule has 0 radical (unpaired) electrons. The van der Waals surface area contributed by atoms with Gasteiger partial charge in [-0.15, -0.1) is 24.0 Å². The number of likely N-dealkylation sites (N-methyl/N-ethyl adjacent to an activating group) is 1. The minimum atomic E-state index is 0. The molecule has 0 aromatic heterocycles. The number of guanidine groups is 1. The van der Waals surface area contributed by atoms with E-state index in [2.05, 4.69) is 34.3 Å². The first-order valence-corrected chi connectivity index (χ1v) is 9.32. The van der Waals surface area contributed by atoms with Crippen molar-refractivity contribution in [1.82, 2.24) is 20.4 Å². The average molecular weight is 437 g/mol. The zero-order chi connectivity index (χ0) is 15.6. The molecule has 0 bridgehead atoms. The minimum absolute atomic E-state index is 0. The van der Waals surface area contributed by atoms with Gasteiger partial charge in [-0.3, -0.25) is 9.89 Å². The summed E-state index contributed by atoms with van der Waals surface area (Å²) in [5.41, 5.74) is 0. The molecular formula is C17H36IN5. The molecule has 0 spiro atoms. The number of hydrogen-bond donors (Lipinski definition) is 2. The Morgan fingerprint density at radius 2 is 1.87 bits per heavy atom. The summed E-state index contributed by atoms with van der Waals surface area (Å²) in [6.45, 7) is 13.1. The van der Waals surface area contributed by atoms with Crippen molar-refractivity contribution in [1.29, 1.82) is 0 Å². The van der Waals surface area contributed by atoms with Gasteiger partial charge >= 0.3 is 0 Å². The topological polar surface area (TPSA) is 42.9 Å². The van der Waals surface area contributed by atoms with Crippen LogP contribution in [-0.2, 0) is 0 Å². The largest absolute Gasteiger partial charge is 0.357 e. The Kier molecular flexibility index (Phi) is 11.2. The maximum atomic E-state index is 4.72. The van der Waals surface area contributed by atoms with Crippen LogP contribution in [0.15, 0.2) is 4.99 Å². The second-order valence-electron chi connectivity index (χ2n) is 6.45. The van der Waals surface area contributed by atoms with Gasteiger partial charge in [-0.05, 0) is 52.2 Å². The monoisotopic (exact) mass is 437 g/mol. The predicted molar refractivity (Wildman–Crippen MR) is 110 cm³/mol. The Labute approximate surface area is 159 Å². The fourth-order valence-corrected chi connectivity index (χ4v) is 3.18. The van der Waals surface area contributed by atoms with E-state index in [1.165, 1.54) is 45.2 Å². The number of hydrogen-bond acceptors (Lipinski definition) is 3. The van der Waals surface area contributed by atoms with Crippen LogP contribution in [-0.4, -0.2) is 74.2 Å². The van der Waals surface area contributed by atoms with E-state index in [-0.39, 0.29) is 24.0 Å². The highest BCUT2D eigenvalue weighted by molar-refractivity contribution is 14.0. The van der Waals surface area contributed by atoms with Gasteiger partial charge in [-0.1, -0.05) is 13.3 Å². The zero-order valence-electron chi connectivity index (χ0n) is 15.0. The molecule has 2 aliphatic rings. The van der Waals surface area contributed by atoms with Gasteiger partial charge in [-0.25, -0.2) is 0 Å². The second-order valence-corrected chi connectivity index (χ2v) is 6.45. The molecule has 1 heterocycles. The molecule has 136 valence electrons. The summed E-state index contributed by atoms with van der Waals surface area (Å²) in [4.78, 5) is 9.84. The third kappa shape index (κ3) is 8.54. The highest BCUT2D eigenvalue weighted by Gasteiger charge is 2.27. The molecule has 2 N–H and O–H groups in total. The highest BCUT2D eigenvalue weighted by Crippen LogP contribution is 2.25. The number of halogens is 1. The zero-order valence-corrected chi connectivity index (χ0v) is 17.3. The van der Waals surface area contributed by atoms with Crippen LogP contribution in [0.2, 0.25) is 0 Å². The van der Waals surface area contributed by atoms with Crippen molar-refractivity contribution < 1.29 is 0 Å². The maximum Gasteiger partial charge on any atom is 0.191 e. The van der Waals surface area contributed by atoms with E-state index < -0.39 is 0 Å². The molecule has 0 aromatic rings. The summed E-state index contributed by atoms with van der Waals surface area (Å²) in [5.74, 6) is 0.978. The van der Waals surface area contributed by atoms with Crippen LogP contribution >= 0.6 is 24.0 Å². The van der Waals surface area contributed by atoms with E-state index in [0.29, 0.717) is 0 Å². The van der Waals surface area contributed by atoms with Crippen molar-refractivity contribution >= 4 is 29.9 Å². The molecule has 23 heavy (non-hydrogen) atoms. The molecule has 1 saturated heterocycles. The molecule has 0 amide bonds. The molecule has 1 aliphatic heterocycles. The van der Waals surface area contributed by atoms with Crippen LogP contribution < -0.4 is 10.6 Å². The van der Waals surface area contributed by atoms with Gasteiger partial charge in [0.2, 0.25) is 0 Å². The molecule has 1 saturated carbocycles. The normalized spacial score (nSPS) is 19.5. The number of piperidine rings is 1. The summed E-state index contributed by atoms with van der Waals surface area (Å²) >= 11 is 0. The Balaban J connectivity index is 0.00000264. The van der Waals surface area contributed by atoms with Crippen molar-refractivity contribution in [2.24, 2.45) is 4.99 Å².